The number of aromatic nitrogens is 1. The molecule has 0 radical (unpaired) electrons. The first-order chi connectivity index (χ1) is 14.3. The van der Waals surface area contributed by atoms with Crippen molar-refractivity contribution in [1.29, 1.82) is 0 Å². The first-order valence-corrected chi connectivity index (χ1v) is 12.6. The minimum Gasteiger partial charge on any atom is -0.325 e. The van der Waals surface area contributed by atoms with Crippen molar-refractivity contribution in [2.45, 2.75) is 61.6 Å². The van der Waals surface area contributed by atoms with Gasteiger partial charge in [-0.15, -0.1) is 0 Å². The van der Waals surface area contributed by atoms with E-state index in [9.17, 15) is 13.2 Å². The Hall–Kier alpha value is -1.90. The lowest BCUT2D eigenvalue weighted by Gasteiger charge is -2.19. The Bertz CT molecular complexity index is 983. The zero-order valence-electron chi connectivity index (χ0n) is 17.7. The summed E-state index contributed by atoms with van der Waals surface area (Å²) in [5.41, 5.74) is 2.96. The number of carbonyl (C=O) groups excluding carboxylic acids is 1. The molecule has 2 aromatic rings. The van der Waals surface area contributed by atoms with Crippen LogP contribution < -0.4 is 5.32 Å². The maximum Gasteiger partial charge on any atom is 0.244 e. The van der Waals surface area contributed by atoms with Crippen LogP contribution in [0.3, 0.4) is 0 Å². The molecule has 0 spiro atoms. The molecule has 0 bridgehead atoms. The van der Waals surface area contributed by atoms with Crippen molar-refractivity contribution in [3.63, 3.8) is 0 Å². The SMILES string of the molecule is Cc1ccc(NC(=O)C(C)Sc2ccc(S(=O)(=O)N3CCCCCC3)cn2)c(C)c1. The van der Waals surface area contributed by atoms with Gasteiger partial charge in [-0.25, -0.2) is 13.4 Å². The maximum absolute atomic E-state index is 12.9. The summed E-state index contributed by atoms with van der Waals surface area (Å²) in [6.45, 7) is 6.92. The molecule has 1 N–H and O–H groups in total. The van der Waals surface area contributed by atoms with E-state index < -0.39 is 10.0 Å². The highest BCUT2D eigenvalue weighted by Gasteiger charge is 2.25. The number of hydrogen-bond donors (Lipinski definition) is 1. The highest BCUT2D eigenvalue weighted by Crippen LogP contribution is 2.26. The zero-order valence-corrected chi connectivity index (χ0v) is 19.4. The van der Waals surface area contributed by atoms with E-state index in [0.717, 1.165) is 42.5 Å². The van der Waals surface area contributed by atoms with E-state index in [2.05, 4.69) is 10.3 Å². The number of aryl methyl sites for hydroxylation is 2. The van der Waals surface area contributed by atoms with E-state index in [1.54, 1.807) is 16.4 Å². The van der Waals surface area contributed by atoms with Crippen LogP contribution in [-0.2, 0) is 14.8 Å². The molecule has 3 rings (SSSR count). The molecule has 1 aliphatic rings. The number of amides is 1. The Balaban J connectivity index is 1.63. The lowest BCUT2D eigenvalue weighted by molar-refractivity contribution is -0.115. The fourth-order valence-corrected chi connectivity index (χ4v) is 5.69. The van der Waals surface area contributed by atoms with Crippen molar-refractivity contribution >= 4 is 33.4 Å². The van der Waals surface area contributed by atoms with Gasteiger partial charge >= 0.3 is 0 Å². The lowest BCUT2D eigenvalue weighted by atomic mass is 10.1. The van der Waals surface area contributed by atoms with Crippen LogP contribution in [0.2, 0.25) is 0 Å². The van der Waals surface area contributed by atoms with Crippen LogP contribution >= 0.6 is 11.8 Å². The number of carbonyl (C=O) groups is 1. The van der Waals surface area contributed by atoms with Crippen molar-refractivity contribution in [2.75, 3.05) is 18.4 Å². The number of anilines is 1. The summed E-state index contributed by atoms with van der Waals surface area (Å²) in [5.74, 6) is -0.116. The minimum atomic E-state index is -3.51. The van der Waals surface area contributed by atoms with E-state index in [1.807, 2.05) is 39.0 Å². The summed E-state index contributed by atoms with van der Waals surface area (Å²) < 4.78 is 27.3. The van der Waals surface area contributed by atoms with E-state index in [0.29, 0.717) is 18.1 Å². The number of hydrogen-bond acceptors (Lipinski definition) is 5. The predicted octanol–water partition coefficient (Wildman–Crippen LogP) is 4.38. The molecule has 1 aliphatic heterocycles. The fourth-order valence-electron chi connectivity index (χ4n) is 3.44. The fraction of sp³-hybridized carbons (Fsp3) is 0.455. The Morgan fingerprint density at radius 3 is 2.40 bits per heavy atom. The van der Waals surface area contributed by atoms with Crippen LogP contribution in [0.15, 0.2) is 46.5 Å². The second-order valence-corrected chi connectivity index (χ2v) is 11.0. The Kier molecular flexibility index (Phi) is 7.55. The van der Waals surface area contributed by atoms with Gasteiger partial charge in [0.15, 0.2) is 0 Å². The lowest BCUT2D eigenvalue weighted by Crippen LogP contribution is -2.32. The second kappa shape index (κ2) is 9.94. The first kappa shape index (κ1) is 22.8. The van der Waals surface area contributed by atoms with E-state index in [4.69, 9.17) is 0 Å². The number of nitrogens with one attached hydrogen (secondary N) is 1. The minimum absolute atomic E-state index is 0.116. The smallest absolute Gasteiger partial charge is 0.244 e. The number of nitrogens with zero attached hydrogens (tertiary/aromatic N) is 2. The number of rotatable bonds is 6. The summed E-state index contributed by atoms with van der Waals surface area (Å²) in [6.07, 6.45) is 5.34. The summed E-state index contributed by atoms with van der Waals surface area (Å²) in [4.78, 5) is 17.1. The molecule has 1 amide bonds. The van der Waals surface area contributed by atoms with Gasteiger partial charge in [0.25, 0.3) is 0 Å². The molecular weight excluding hydrogens is 418 g/mol. The monoisotopic (exact) mass is 447 g/mol. The van der Waals surface area contributed by atoms with Crippen molar-refractivity contribution < 1.29 is 13.2 Å². The molecule has 0 aliphatic carbocycles. The molecule has 0 saturated carbocycles. The highest BCUT2D eigenvalue weighted by atomic mass is 32.2. The topological polar surface area (TPSA) is 79.4 Å². The molecule has 1 aromatic carbocycles. The molecule has 6 nitrogen and oxygen atoms in total. The number of sulfonamides is 1. The van der Waals surface area contributed by atoms with Gasteiger partial charge in [-0.3, -0.25) is 4.79 Å². The number of thioether (sulfide) groups is 1. The third kappa shape index (κ3) is 5.62. The standard InChI is InChI=1S/C22H29N3O3S2/c1-16-8-10-20(17(2)14-16)24-22(26)18(3)29-21-11-9-19(15-23-21)30(27,28)25-12-6-4-5-7-13-25/h8-11,14-15,18H,4-7,12-13H2,1-3H3,(H,24,26). The summed E-state index contributed by atoms with van der Waals surface area (Å²) >= 11 is 1.31. The molecule has 1 unspecified atom stereocenters. The van der Waals surface area contributed by atoms with Crippen LogP contribution in [0.5, 0.6) is 0 Å². The zero-order chi connectivity index (χ0) is 21.7. The third-order valence-electron chi connectivity index (χ3n) is 5.22. The quantitative estimate of drug-likeness (QED) is 0.665. The van der Waals surface area contributed by atoms with Crippen LogP contribution in [0.4, 0.5) is 5.69 Å². The van der Waals surface area contributed by atoms with Gasteiger partial charge in [-0.2, -0.15) is 4.31 Å². The Labute approximate surface area is 183 Å². The largest absolute Gasteiger partial charge is 0.325 e. The predicted molar refractivity (Wildman–Crippen MR) is 121 cm³/mol. The summed E-state index contributed by atoms with van der Waals surface area (Å²) in [5, 5.41) is 3.20. The van der Waals surface area contributed by atoms with Crippen molar-refractivity contribution in [3.05, 3.63) is 47.7 Å². The highest BCUT2D eigenvalue weighted by molar-refractivity contribution is 8.00. The normalized spacial score (nSPS) is 16.6. The molecule has 30 heavy (non-hydrogen) atoms. The Morgan fingerprint density at radius 2 is 1.80 bits per heavy atom. The molecule has 1 fully saturated rings. The van der Waals surface area contributed by atoms with Gasteiger partial charge in [0, 0.05) is 25.0 Å². The van der Waals surface area contributed by atoms with Crippen molar-refractivity contribution in [2.24, 2.45) is 0 Å². The molecular formula is C22H29N3O3S2. The molecule has 162 valence electrons. The summed E-state index contributed by atoms with van der Waals surface area (Å²) in [7, 11) is -3.51. The third-order valence-corrected chi connectivity index (χ3v) is 8.15. The van der Waals surface area contributed by atoms with Gasteiger partial charge in [-0.1, -0.05) is 42.3 Å². The average molecular weight is 448 g/mol. The second-order valence-electron chi connectivity index (χ2n) is 7.72. The van der Waals surface area contributed by atoms with Gasteiger partial charge in [-0.05, 0) is 57.4 Å². The average Bonchev–Trinajstić information content (AvgIpc) is 3.00. The molecule has 1 atom stereocenters. The van der Waals surface area contributed by atoms with Crippen LogP contribution in [-0.4, -0.2) is 42.0 Å². The van der Waals surface area contributed by atoms with E-state index in [-0.39, 0.29) is 16.1 Å². The molecule has 2 heterocycles. The number of pyridine rings is 1. The number of benzene rings is 1. The summed E-state index contributed by atoms with van der Waals surface area (Å²) in [6, 6.07) is 9.16. The van der Waals surface area contributed by atoms with Crippen molar-refractivity contribution in [3.8, 4) is 0 Å². The Morgan fingerprint density at radius 1 is 1.10 bits per heavy atom. The van der Waals surface area contributed by atoms with Gasteiger partial charge < -0.3 is 5.32 Å². The van der Waals surface area contributed by atoms with Crippen LogP contribution in [0.1, 0.15) is 43.7 Å². The van der Waals surface area contributed by atoms with Crippen molar-refractivity contribution in [1.82, 2.24) is 9.29 Å². The van der Waals surface area contributed by atoms with Gasteiger partial charge in [0.1, 0.15) is 4.90 Å². The van der Waals surface area contributed by atoms with Crippen LogP contribution in [0.25, 0.3) is 0 Å². The molecule has 1 saturated heterocycles. The molecule has 1 aromatic heterocycles. The van der Waals surface area contributed by atoms with E-state index in [1.165, 1.54) is 18.0 Å². The maximum atomic E-state index is 12.9. The van der Waals surface area contributed by atoms with Crippen LogP contribution in [0, 0.1) is 13.8 Å². The van der Waals surface area contributed by atoms with Gasteiger partial charge in [0.05, 0.1) is 10.3 Å². The van der Waals surface area contributed by atoms with E-state index >= 15 is 0 Å². The first-order valence-electron chi connectivity index (χ1n) is 10.3. The molecule has 8 heteroatoms. The van der Waals surface area contributed by atoms with Gasteiger partial charge in [0.2, 0.25) is 15.9 Å².